The van der Waals surface area contributed by atoms with Gasteiger partial charge in [0.2, 0.25) is 0 Å². The lowest BCUT2D eigenvalue weighted by Gasteiger charge is -2.41. The molecule has 0 radical (unpaired) electrons. The van der Waals surface area contributed by atoms with Crippen molar-refractivity contribution in [3.05, 3.63) is 0 Å². The van der Waals surface area contributed by atoms with Crippen molar-refractivity contribution >= 4 is 23.5 Å². The fraction of sp³-hybridized carbons (Fsp3) is 1.00. The standard InChI is InChI=1S/C12H22S2/c1-11(2,3)10-4-6-12(7-5-10)13-8-9-14-12/h10H,4-9H2,1-3H3. The maximum atomic E-state index is 2.41. The highest BCUT2D eigenvalue weighted by Gasteiger charge is 2.41. The summed E-state index contributed by atoms with van der Waals surface area (Å²) in [6.45, 7) is 7.22. The summed E-state index contributed by atoms with van der Waals surface area (Å²) in [5.41, 5.74) is 0.537. The largest absolute Gasteiger partial charge is 0.143 e. The molecule has 1 spiro atoms. The lowest BCUT2D eigenvalue weighted by Crippen LogP contribution is -2.31. The predicted molar refractivity (Wildman–Crippen MR) is 69.1 cm³/mol. The third kappa shape index (κ3) is 2.27. The SMILES string of the molecule is CC(C)(C)C1CCC2(CC1)SCCS2. The molecule has 0 aromatic heterocycles. The molecule has 1 saturated heterocycles. The van der Waals surface area contributed by atoms with Gasteiger partial charge in [-0.2, -0.15) is 0 Å². The Balaban J connectivity index is 1.92. The molecular formula is C12H22S2. The maximum Gasteiger partial charge on any atom is 0.0611 e. The van der Waals surface area contributed by atoms with Gasteiger partial charge in [0.05, 0.1) is 4.08 Å². The van der Waals surface area contributed by atoms with Gasteiger partial charge in [-0.1, -0.05) is 20.8 Å². The van der Waals surface area contributed by atoms with Crippen LogP contribution < -0.4 is 0 Å². The normalized spacial score (nSPS) is 28.5. The van der Waals surface area contributed by atoms with Gasteiger partial charge in [0.25, 0.3) is 0 Å². The molecule has 82 valence electrons. The Hall–Kier alpha value is 0.700. The van der Waals surface area contributed by atoms with Crippen molar-refractivity contribution in [2.24, 2.45) is 11.3 Å². The fourth-order valence-corrected chi connectivity index (χ4v) is 6.00. The molecule has 0 nitrogen and oxygen atoms in total. The van der Waals surface area contributed by atoms with Crippen molar-refractivity contribution in [2.75, 3.05) is 11.5 Å². The summed E-state index contributed by atoms with van der Waals surface area (Å²) >= 11 is 4.48. The molecule has 1 aliphatic heterocycles. The van der Waals surface area contributed by atoms with Gasteiger partial charge < -0.3 is 0 Å². The van der Waals surface area contributed by atoms with Crippen molar-refractivity contribution in [3.8, 4) is 0 Å². The second kappa shape index (κ2) is 3.93. The van der Waals surface area contributed by atoms with Gasteiger partial charge in [-0.25, -0.2) is 0 Å². The van der Waals surface area contributed by atoms with Gasteiger partial charge in [0.1, 0.15) is 0 Å². The van der Waals surface area contributed by atoms with Gasteiger partial charge in [0.15, 0.2) is 0 Å². The number of hydrogen-bond acceptors (Lipinski definition) is 2. The monoisotopic (exact) mass is 230 g/mol. The van der Waals surface area contributed by atoms with E-state index in [-0.39, 0.29) is 0 Å². The lowest BCUT2D eigenvalue weighted by atomic mass is 9.72. The molecule has 0 atom stereocenters. The first-order valence-corrected chi connectivity index (χ1v) is 7.77. The molecule has 14 heavy (non-hydrogen) atoms. The van der Waals surface area contributed by atoms with Crippen molar-refractivity contribution in [1.29, 1.82) is 0 Å². The van der Waals surface area contributed by atoms with Crippen LogP contribution in [0, 0.1) is 11.3 Å². The van der Waals surface area contributed by atoms with E-state index in [9.17, 15) is 0 Å². The molecule has 0 aromatic rings. The Bertz CT molecular complexity index is 189. The minimum Gasteiger partial charge on any atom is -0.143 e. The molecule has 1 saturated carbocycles. The first kappa shape index (κ1) is 11.2. The van der Waals surface area contributed by atoms with Crippen LogP contribution in [0.25, 0.3) is 0 Å². The summed E-state index contributed by atoms with van der Waals surface area (Å²) in [7, 11) is 0. The van der Waals surface area contributed by atoms with Crippen LogP contribution in [0.1, 0.15) is 46.5 Å². The molecule has 0 N–H and O–H groups in total. The smallest absolute Gasteiger partial charge is 0.0611 e. The van der Waals surface area contributed by atoms with E-state index in [4.69, 9.17) is 0 Å². The fourth-order valence-electron chi connectivity index (χ4n) is 2.71. The van der Waals surface area contributed by atoms with Crippen LogP contribution in [0.5, 0.6) is 0 Å². The zero-order chi connectivity index (χ0) is 10.2. The summed E-state index contributed by atoms with van der Waals surface area (Å²) < 4.78 is 0.655. The van der Waals surface area contributed by atoms with Crippen molar-refractivity contribution < 1.29 is 0 Å². The van der Waals surface area contributed by atoms with Crippen molar-refractivity contribution in [2.45, 2.75) is 50.5 Å². The van der Waals surface area contributed by atoms with E-state index < -0.39 is 0 Å². The minimum absolute atomic E-state index is 0.537. The quantitative estimate of drug-likeness (QED) is 0.605. The van der Waals surface area contributed by atoms with Gasteiger partial charge in [0, 0.05) is 11.5 Å². The second-order valence-corrected chi connectivity index (χ2v) is 8.96. The first-order valence-electron chi connectivity index (χ1n) is 5.80. The van der Waals surface area contributed by atoms with E-state index in [2.05, 4.69) is 44.3 Å². The summed E-state index contributed by atoms with van der Waals surface area (Å²) in [6, 6.07) is 0. The maximum absolute atomic E-state index is 2.41. The molecule has 0 amide bonds. The highest BCUT2D eigenvalue weighted by Crippen LogP contribution is 2.55. The number of rotatable bonds is 0. The van der Waals surface area contributed by atoms with Gasteiger partial charge in [-0.15, -0.1) is 23.5 Å². The summed E-state index contributed by atoms with van der Waals surface area (Å²) in [6.07, 6.45) is 5.85. The topological polar surface area (TPSA) is 0 Å². The van der Waals surface area contributed by atoms with Crippen LogP contribution in [-0.2, 0) is 0 Å². The third-order valence-electron chi connectivity index (χ3n) is 3.79. The lowest BCUT2D eigenvalue weighted by molar-refractivity contribution is 0.178. The Morgan fingerprint density at radius 3 is 1.93 bits per heavy atom. The van der Waals surface area contributed by atoms with Crippen molar-refractivity contribution in [3.63, 3.8) is 0 Å². The predicted octanol–water partition coefficient (Wildman–Crippen LogP) is 4.40. The van der Waals surface area contributed by atoms with Gasteiger partial charge in [-0.3, -0.25) is 0 Å². The molecule has 2 heteroatoms. The molecule has 0 aromatic carbocycles. The van der Waals surface area contributed by atoms with E-state index in [1.54, 1.807) is 0 Å². The Morgan fingerprint density at radius 2 is 1.50 bits per heavy atom. The van der Waals surface area contributed by atoms with E-state index >= 15 is 0 Å². The van der Waals surface area contributed by atoms with Gasteiger partial charge >= 0.3 is 0 Å². The van der Waals surface area contributed by atoms with E-state index in [0.717, 1.165) is 5.92 Å². The van der Waals surface area contributed by atoms with Crippen LogP contribution in [0.15, 0.2) is 0 Å². The summed E-state index contributed by atoms with van der Waals surface area (Å²) in [5.74, 6) is 3.75. The third-order valence-corrected chi connectivity index (χ3v) is 7.44. The molecule has 1 heterocycles. The van der Waals surface area contributed by atoms with Crippen molar-refractivity contribution in [1.82, 2.24) is 0 Å². The number of hydrogen-bond donors (Lipinski definition) is 0. The summed E-state index contributed by atoms with van der Waals surface area (Å²) in [4.78, 5) is 0. The molecular weight excluding hydrogens is 208 g/mol. The zero-order valence-electron chi connectivity index (χ0n) is 9.64. The number of thioether (sulfide) groups is 2. The molecule has 1 aliphatic carbocycles. The molecule has 0 bridgehead atoms. The zero-order valence-corrected chi connectivity index (χ0v) is 11.3. The van der Waals surface area contributed by atoms with E-state index in [0.29, 0.717) is 9.49 Å². The highest BCUT2D eigenvalue weighted by molar-refractivity contribution is 8.21. The van der Waals surface area contributed by atoms with Crippen LogP contribution in [0.3, 0.4) is 0 Å². The summed E-state index contributed by atoms with van der Waals surface area (Å²) in [5, 5.41) is 0. The minimum atomic E-state index is 0.537. The first-order chi connectivity index (χ1) is 6.52. The van der Waals surface area contributed by atoms with Gasteiger partial charge in [-0.05, 0) is 37.0 Å². The van der Waals surface area contributed by atoms with E-state index in [1.165, 1.54) is 37.2 Å². The Morgan fingerprint density at radius 1 is 1.00 bits per heavy atom. The Labute approximate surface area is 97.0 Å². The van der Waals surface area contributed by atoms with Crippen LogP contribution in [-0.4, -0.2) is 15.6 Å². The highest BCUT2D eigenvalue weighted by atomic mass is 32.2. The Kier molecular flexibility index (Phi) is 3.15. The molecule has 2 rings (SSSR count). The van der Waals surface area contributed by atoms with E-state index in [1.807, 2.05) is 0 Å². The molecule has 0 unspecified atom stereocenters. The van der Waals surface area contributed by atoms with Crippen LogP contribution in [0.2, 0.25) is 0 Å². The molecule has 2 fully saturated rings. The average molecular weight is 230 g/mol. The average Bonchev–Trinajstić information content (AvgIpc) is 2.53. The molecule has 2 aliphatic rings. The van der Waals surface area contributed by atoms with Crippen LogP contribution >= 0.6 is 23.5 Å². The van der Waals surface area contributed by atoms with Crippen LogP contribution in [0.4, 0.5) is 0 Å². The second-order valence-electron chi connectivity index (χ2n) is 5.75.